The number of hydrogen-bond acceptors (Lipinski definition) is 4. The maximum atomic E-state index is 13.4. The van der Waals surface area contributed by atoms with Crippen molar-refractivity contribution in [3.63, 3.8) is 0 Å². The quantitative estimate of drug-likeness (QED) is 0.544. The van der Waals surface area contributed by atoms with Crippen molar-refractivity contribution in [1.82, 2.24) is 9.29 Å². The maximum Gasteiger partial charge on any atom is 0.217 e. The Hall–Kier alpha value is -2.70. The van der Waals surface area contributed by atoms with Gasteiger partial charge in [-0.3, -0.25) is 4.98 Å². The van der Waals surface area contributed by atoms with E-state index in [1.165, 1.54) is 0 Å². The van der Waals surface area contributed by atoms with Crippen molar-refractivity contribution in [3.05, 3.63) is 95.8 Å². The molecule has 5 nitrogen and oxygen atoms in total. The zero-order valence-corrected chi connectivity index (χ0v) is 18.5. The van der Waals surface area contributed by atoms with Crippen LogP contribution in [-0.4, -0.2) is 29.0 Å². The second kappa shape index (κ2) is 9.62. The van der Waals surface area contributed by atoms with Crippen molar-refractivity contribution in [2.45, 2.75) is 50.6 Å². The molecule has 4 rings (SSSR count). The summed E-state index contributed by atoms with van der Waals surface area (Å²) in [5.74, 6) is 0.761. The van der Waals surface area contributed by atoms with Crippen molar-refractivity contribution in [1.29, 1.82) is 0 Å². The third kappa shape index (κ3) is 5.32. The van der Waals surface area contributed by atoms with Crippen LogP contribution in [0.3, 0.4) is 0 Å². The van der Waals surface area contributed by atoms with Crippen LogP contribution in [0.1, 0.15) is 36.5 Å². The van der Waals surface area contributed by atoms with Crippen molar-refractivity contribution in [3.8, 4) is 5.75 Å². The predicted octanol–water partition coefficient (Wildman–Crippen LogP) is 4.59. The summed E-state index contributed by atoms with van der Waals surface area (Å²) in [6.07, 6.45) is 5.63. The minimum atomic E-state index is -3.37. The lowest BCUT2D eigenvalue weighted by molar-refractivity contribution is 0.280. The highest BCUT2D eigenvalue weighted by Crippen LogP contribution is 2.30. The third-order valence-corrected chi connectivity index (χ3v) is 8.26. The first kappa shape index (κ1) is 21.5. The van der Waals surface area contributed by atoms with Gasteiger partial charge in [0.2, 0.25) is 10.0 Å². The molecule has 162 valence electrons. The molecule has 1 aliphatic heterocycles. The van der Waals surface area contributed by atoms with Crippen molar-refractivity contribution in [2.75, 3.05) is 0 Å². The lowest BCUT2D eigenvalue weighted by Gasteiger charge is -2.37. The lowest BCUT2D eigenvalue weighted by atomic mass is 10.0. The van der Waals surface area contributed by atoms with Crippen LogP contribution in [0.15, 0.2) is 79.1 Å². The SMILES string of the molecule is C[C@H]1CCC(Cc2ccccc2)S(=O)(=O)N1Cc1ccc(OCc2ccncc2)cc1. The molecule has 2 heterocycles. The molecule has 0 bridgehead atoms. The van der Waals surface area contributed by atoms with Gasteiger partial charge in [-0.1, -0.05) is 42.5 Å². The van der Waals surface area contributed by atoms with Crippen LogP contribution in [0.4, 0.5) is 0 Å². The Morgan fingerprint density at radius 2 is 1.61 bits per heavy atom. The Morgan fingerprint density at radius 1 is 0.903 bits per heavy atom. The number of aromatic nitrogens is 1. The molecule has 0 aliphatic carbocycles. The summed E-state index contributed by atoms with van der Waals surface area (Å²) in [6, 6.07) is 21.4. The number of ether oxygens (including phenoxy) is 1. The summed E-state index contributed by atoms with van der Waals surface area (Å²) in [5, 5.41) is -0.367. The summed E-state index contributed by atoms with van der Waals surface area (Å²) in [7, 11) is -3.37. The third-order valence-electron chi connectivity index (χ3n) is 5.87. The van der Waals surface area contributed by atoms with Gasteiger partial charge in [0.1, 0.15) is 12.4 Å². The standard InChI is InChI=1S/C25H28N2O3S/c1-20-7-12-25(17-21-5-3-2-4-6-21)31(28,29)27(20)18-22-8-10-24(11-9-22)30-19-23-13-15-26-16-14-23/h2-6,8-11,13-16,20,25H,7,12,17-19H2,1H3/t20-,25?/m0/s1. The highest BCUT2D eigenvalue weighted by atomic mass is 32.2. The van der Waals surface area contributed by atoms with Crippen LogP contribution < -0.4 is 4.74 Å². The summed E-state index contributed by atoms with van der Waals surface area (Å²) < 4.78 is 34.2. The van der Waals surface area contributed by atoms with Gasteiger partial charge >= 0.3 is 0 Å². The summed E-state index contributed by atoms with van der Waals surface area (Å²) in [4.78, 5) is 4.00. The monoisotopic (exact) mass is 436 g/mol. The number of rotatable bonds is 7. The van der Waals surface area contributed by atoms with Crippen LogP contribution in [0, 0.1) is 0 Å². The van der Waals surface area contributed by atoms with E-state index in [9.17, 15) is 8.42 Å². The van der Waals surface area contributed by atoms with Gasteiger partial charge < -0.3 is 4.74 Å². The highest BCUT2D eigenvalue weighted by Gasteiger charge is 2.39. The number of pyridine rings is 1. The Kier molecular flexibility index (Phi) is 6.68. The smallest absolute Gasteiger partial charge is 0.217 e. The number of sulfonamides is 1. The Balaban J connectivity index is 1.42. The van der Waals surface area contributed by atoms with Gasteiger partial charge in [0.05, 0.1) is 5.25 Å². The fourth-order valence-electron chi connectivity index (χ4n) is 4.01. The Labute approximate surface area is 184 Å². The number of nitrogens with zero attached hydrogens (tertiary/aromatic N) is 2. The average Bonchev–Trinajstić information content (AvgIpc) is 2.79. The molecule has 0 saturated carbocycles. The largest absolute Gasteiger partial charge is 0.489 e. The second-order valence-electron chi connectivity index (χ2n) is 8.12. The first-order chi connectivity index (χ1) is 15.0. The second-order valence-corrected chi connectivity index (χ2v) is 10.3. The molecule has 0 spiro atoms. The average molecular weight is 437 g/mol. The molecule has 3 aromatic rings. The predicted molar refractivity (Wildman–Crippen MR) is 122 cm³/mol. The summed E-state index contributed by atoms with van der Waals surface area (Å²) >= 11 is 0. The molecule has 1 unspecified atom stereocenters. The van der Waals surface area contributed by atoms with E-state index in [0.29, 0.717) is 26.0 Å². The molecule has 31 heavy (non-hydrogen) atoms. The van der Waals surface area contributed by atoms with Gasteiger partial charge in [-0.05, 0) is 67.1 Å². The van der Waals surface area contributed by atoms with Gasteiger partial charge in [0.25, 0.3) is 0 Å². The van der Waals surface area contributed by atoms with Gasteiger partial charge in [0, 0.05) is 25.0 Å². The van der Waals surface area contributed by atoms with Crippen molar-refractivity contribution < 1.29 is 13.2 Å². The van der Waals surface area contributed by atoms with Crippen LogP contribution in [-0.2, 0) is 29.6 Å². The first-order valence-corrected chi connectivity index (χ1v) is 12.2. The minimum absolute atomic E-state index is 0.000333. The molecule has 0 amide bonds. The van der Waals surface area contributed by atoms with E-state index < -0.39 is 10.0 Å². The van der Waals surface area contributed by atoms with Crippen molar-refractivity contribution >= 4 is 10.0 Å². The molecule has 0 N–H and O–H groups in total. The van der Waals surface area contributed by atoms with Gasteiger partial charge in [-0.2, -0.15) is 4.31 Å². The van der Waals surface area contributed by atoms with E-state index in [2.05, 4.69) is 4.98 Å². The Bertz CT molecular complexity index is 1070. The van der Waals surface area contributed by atoms with Gasteiger partial charge in [-0.15, -0.1) is 0 Å². The molecular weight excluding hydrogens is 408 g/mol. The van der Waals surface area contributed by atoms with Crippen LogP contribution in [0.5, 0.6) is 5.75 Å². The van der Waals surface area contributed by atoms with E-state index >= 15 is 0 Å². The topological polar surface area (TPSA) is 59.5 Å². The van der Waals surface area contributed by atoms with Crippen molar-refractivity contribution in [2.24, 2.45) is 0 Å². The first-order valence-electron chi connectivity index (χ1n) is 10.7. The molecule has 2 atom stereocenters. The normalized spacial score (nSPS) is 20.9. The summed E-state index contributed by atoms with van der Waals surface area (Å²) in [6.45, 7) is 2.86. The molecule has 0 radical (unpaired) electrons. The fourth-order valence-corrected chi connectivity index (χ4v) is 6.17. The lowest BCUT2D eigenvalue weighted by Crippen LogP contribution is -2.48. The molecule has 1 fully saturated rings. The highest BCUT2D eigenvalue weighted by molar-refractivity contribution is 7.89. The summed E-state index contributed by atoms with van der Waals surface area (Å²) in [5.41, 5.74) is 3.09. The number of hydrogen-bond donors (Lipinski definition) is 0. The fraction of sp³-hybridized carbons (Fsp3) is 0.320. The van der Waals surface area contributed by atoms with Gasteiger partial charge in [0.15, 0.2) is 0 Å². The van der Waals surface area contributed by atoms with Crippen LogP contribution in [0.2, 0.25) is 0 Å². The molecule has 2 aromatic carbocycles. The van der Waals surface area contributed by atoms with E-state index in [4.69, 9.17) is 4.74 Å². The van der Waals surface area contributed by atoms with E-state index in [1.54, 1.807) is 16.7 Å². The van der Waals surface area contributed by atoms with E-state index in [1.807, 2.05) is 73.7 Å². The molecular formula is C25H28N2O3S. The molecule has 1 aliphatic rings. The van der Waals surface area contributed by atoms with E-state index in [0.717, 1.165) is 28.9 Å². The zero-order chi connectivity index (χ0) is 21.7. The maximum absolute atomic E-state index is 13.4. The Morgan fingerprint density at radius 3 is 2.32 bits per heavy atom. The molecule has 6 heteroatoms. The number of benzene rings is 2. The molecule has 1 saturated heterocycles. The zero-order valence-electron chi connectivity index (χ0n) is 17.7. The van der Waals surface area contributed by atoms with Crippen LogP contribution in [0.25, 0.3) is 0 Å². The van der Waals surface area contributed by atoms with Gasteiger partial charge in [-0.25, -0.2) is 8.42 Å². The van der Waals surface area contributed by atoms with E-state index in [-0.39, 0.29) is 11.3 Å². The molecule has 1 aromatic heterocycles. The van der Waals surface area contributed by atoms with Crippen LogP contribution >= 0.6 is 0 Å². The minimum Gasteiger partial charge on any atom is -0.489 e.